The fourth-order valence-electron chi connectivity index (χ4n) is 3.62. The maximum Gasteiger partial charge on any atom is 0.191 e. The summed E-state index contributed by atoms with van der Waals surface area (Å²) in [6.45, 7) is 5.87. The zero-order chi connectivity index (χ0) is 20.5. The number of guanidine groups is 1. The minimum Gasteiger partial charge on any atom is -0.357 e. The lowest BCUT2D eigenvalue weighted by Gasteiger charge is -2.30. The molecule has 1 aromatic rings. The number of hydrogen-bond donors (Lipinski definition) is 2. The number of nitrogens with zero attached hydrogens (tertiary/aromatic N) is 2. The predicted molar refractivity (Wildman–Crippen MR) is 132 cm³/mol. The van der Waals surface area contributed by atoms with Gasteiger partial charge < -0.3 is 15.5 Å². The van der Waals surface area contributed by atoms with Gasteiger partial charge in [0.05, 0.1) is 6.54 Å². The van der Waals surface area contributed by atoms with Crippen molar-refractivity contribution in [2.75, 3.05) is 26.4 Å². The summed E-state index contributed by atoms with van der Waals surface area (Å²) in [5.41, 5.74) is 1.68. The number of halogens is 2. The van der Waals surface area contributed by atoms with Crippen molar-refractivity contribution >= 4 is 40.7 Å². The zero-order valence-corrected chi connectivity index (χ0v) is 21.2. The Bertz CT molecular complexity index is 687. The molecule has 1 aliphatic carbocycles. The van der Waals surface area contributed by atoms with Crippen LogP contribution in [-0.2, 0) is 23.9 Å². The first-order valence-electron chi connectivity index (χ1n) is 10.3. The zero-order valence-electron chi connectivity index (χ0n) is 18.0. The highest BCUT2D eigenvalue weighted by atomic mass is 127. The van der Waals surface area contributed by atoms with E-state index in [4.69, 9.17) is 4.99 Å². The molecule has 0 spiro atoms. The van der Waals surface area contributed by atoms with E-state index in [-0.39, 0.29) is 35.0 Å². The molecular weight excluding hydrogens is 502 g/mol. The largest absolute Gasteiger partial charge is 0.357 e. The molecule has 29 heavy (non-hydrogen) atoms. The summed E-state index contributed by atoms with van der Waals surface area (Å²) in [6.07, 6.45) is 4.15. The first kappa shape index (κ1) is 26.3. The van der Waals surface area contributed by atoms with Crippen LogP contribution in [0.25, 0.3) is 0 Å². The molecule has 0 amide bonds. The third-order valence-corrected chi connectivity index (χ3v) is 6.72. The van der Waals surface area contributed by atoms with Gasteiger partial charge in [-0.05, 0) is 58.0 Å². The molecule has 1 fully saturated rings. The fourth-order valence-corrected chi connectivity index (χ4v) is 4.97. The Morgan fingerprint density at radius 2 is 2.07 bits per heavy atom. The summed E-state index contributed by atoms with van der Waals surface area (Å²) in [6, 6.07) is 5.51. The van der Waals surface area contributed by atoms with E-state index in [1.807, 2.05) is 38.9 Å². The van der Waals surface area contributed by atoms with Gasteiger partial charge in [0.15, 0.2) is 5.96 Å². The predicted octanol–water partition coefficient (Wildman–Crippen LogP) is 3.64. The van der Waals surface area contributed by atoms with Crippen LogP contribution < -0.4 is 10.6 Å². The molecule has 0 aliphatic heterocycles. The highest BCUT2D eigenvalue weighted by Gasteiger charge is 2.26. The van der Waals surface area contributed by atoms with Gasteiger partial charge in [-0.3, -0.25) is 4.21 Å². The second-order valence-corrected chi connectivity index (χ2v) is 9.66. The van der Waals surface area contributed by atoms with Crippen molar-refractivity contribution in [3.8, 4) is 0 Å². The first-order chi connectivity index (χ1) is 13.4. The summed E-state index contributed by atoms with van der Waals surface area (Å²) < 4.78 is 26.2. The molecular formula is C21H36FIN4OS. The van der Waals surface area contributed by atoms with Crippen LogP contribution in [0.5, 0.6) is 0 Å². The molecule has 2 N–H and O–H groups in total. The van der Waals surface area contributed by atoms with Crippen molar-refractivity contribution in [2.24, 2.45) is 4.99 Å². The second kappa shape index (κ2) is 13.5. The number of aliphatic imine (C=N–C) groups is 1. The van der Waals surface area contributed by atoms with Crippen LogP contribution in [0.15, 0.2) is 23.2 Å². The summed E-state index contributed by atoms with van der Waals surface area (Å²) in [5, 5.41) is 7.10. The minimum absolute atomic E-state index is 0. The molecule has 0 heterocycles. The van der Waals surface area contributed by atoms with Gasteiger partial charge in [-0.2, -0.15) is 0 Å². The first-order valence-corrected chi connectivity index (χ1v) is 11.6. The second-order valence-electron chi connectivity index (χ2n) is 7.66. The van der Waals surface area contributed by atoms with E-state index in [2.05, 4.69) is 10.6 Å². The van der Waals surface area contributed by atoms with Gasteiger partial charge in [-0.25, -0.2) is 9.38 Å². The van der Waals surface area contributed by atoms with E-state index < -0.39 is 10.8 Å². The SMILES string of the molecule is CCNC(=NCc1ccc(F)c(CN(C)C)c1)NC1CCCC(S(=O)CC)C1.I. The Balaban J connectivity index is 0.00000420. The van der Waals surface area contributed by atoms with Crippen LogP contribution in [0.2, 0.25) is 0 Å². The summed E-state index contributed by atoms with van der Waals surface area (Å²) in [5.74, 6) is 1.32. The molecule has 0 saturated heterocycles. The van der Waals surface area contributed by atoms with Crippen LogP contribution in [0.3, 0.4) is 0 Å². The average molecular weight is 539 g/mol. The summed E-state index contributed by atoms with van der Waals surface area (Å²) >= 11 is 0. The quantitative estimate of drug-likeness (QED) is 0.302. The van der Waals surface area contributed by atoms with Crippen molar-refractivity contribution in [2.45, 2.75) is 63.9 Å². The molecule has 0 bridgehead atoms. The highest BCUT2D eigenvalue weighted by molar-refractivity contribution is 14.0. The lowest BCUT2D eigenvalue weighted by atomic mass is 9.95. The van der Waals surface area contributed by atoms with Gasteiger partial charge in [-0.1, -0.05) is 19.4 Å². The molecule has 5 nitrogen and oxygen atoms in total. The molecule has 3 unspecified atom stereocenters. The van der Waals surface area contributed by atoms with Crippen molar-refractivity contribution in [3.05, 3.63) is 35.1 Å². The molecule has 0 aromatic heterocycles. The van der Waals surface area contributed by atoms with Gasteiger partial charge in [0.2, 0.25) is 0 Å². The van der Waals surface area contributed by atoms with E-state index in [1.165, 1.54) is 6.07 Å². The van der Waals surface area contributed by atoms with Crippen LogP contribution in [0.1, 0.15) is 50.7 Å². The molecule has 0 radical (unpaired) electrons. The van der Waals surface area contributed by atoms with Gasteiger partial charge in [-0.15, -0.1) is 24.0 Å². The van der Waals surface area contributed by atoms with E-state index >= 15 is 0 Å². The average Bonchev–Trinajstić information content (AvgIpc) is 2.67. The maximum absolute atomic E-state index is 14.0. The normalized spacial score (nSPS) is 20.8. The third-order valence-electron chi connectivity index (χ3n) is 4.98. The monoisotopic (exact) mass is 538 g/mol. The Morgan fingerprint density at radius 1 is 1.31 bits per heavy atom. The number of hydrogen-bond acceptors (Lipinski definition) is 3. The Hall–Kier alpha value is -0.740. The molecule has 166 valence electrons. The number of rotatable bonds is 8. The van der Waals surface area contributed by atoms with Crippen LogP contribution in [0, 0.1) is 5.82 Å². The lowest BCUT2D eigenvalue weighted by Crippen LogP contribution is -2.46. The van der Waals surface area contributed by atoms with Gasteiger partial charge in [0.1, 0.15) is 5.82 Å². The number of nitrogens with one attached hydrogen (secondary N) is 2. The molecule has 1 aromatic carbocycles. The molecule has 1 aliphatic rings. The summed E-state index contributed by atoms with van der Waals surface area (Å²) in [4.78, 5) is 6.66. The fraction of sp³-hybridized carbons (Fsp3) is 0.667. The number of benzene rings is 1. The van der Waals surface area contributed by atoms with Crippen molar-refractivity contribution in [1.82, 2.24) is 15.5 Å². The Labute approximate surface area is 194 Å². The van der Waals surface area contributed by atoms with Crippen molar-refractivity contribution < 1.29 is 8.60 Å². The van der Waals surface area contributed by atoms with Crippen LogP contribution in [0.4, 0.5) is 4.39 Å². The van der Waals surface area contributed by atoms with Crippen LogP contribution >= 0.6 is 24.0 Å². The Kier molecular flexibility index (Phi) is 12.3. The van der Waals surface area contributed by atoms with E-state index in [9.17, 15) is 8.60 Å². The van der Waals surface area contributed by atoms with Crippen LogP contribution in [-0.4, -0.2) is 52.8 Å². The summed E-state index contributed by atoms with van der Waals surface area (Å²) in [7, 11) is 3.13. The highest BCUT2D eigenvalue weighted by Crippen LogP contribution is 2.23. The smallest absolute Gasteiger partial charge is 0.191 e. The van der Waals surface area contributed by atoms with Gasteiger partial charge >= 0.3 is 0 Å². The Morgan fingerprint density at radius 3 is 2.72 bits per heavy atom. The van der Waals surface area contributed by atoms with E-state index in [1.54, 1.807) is 6.07 Å². The standard InChI is InChI=1S/C21H35FN4OS.HI/c1-5-23-21(25-18-8-7-9-19(13-18)28(27)6-2)24-14-16-10-11-20(22)17(12-16)15-26(3)4;/h10-12,18-19H,5-9,13-15H2,1-4H3,(H2,23,24,25);1H. The molecule has 3 atom stereocenters. The molecule has 8 heteroatoms. The third kappa shape index (κ3) is 8.88. The minimum atomic E-state index is -0.736. The van der Waals surface area contributed by atoms with Crippen molar-refractivity contribution in [1.29, 1.82) is 0 Å². The molecule has 2 rings (SSSR count). The molecule has 1 saturated carbocycles. The van der Waals surface area contributed by atoms with Gasteiger partial charge in [0.25, 0.3) is 0 Å². The van der Waals surface area contributed by atoms with E-state index in [0.29, 0.717) is 24.7 Å². The van der Waals surface area contributed by atoms with Gasteiger partial charge in [0, 0.05) is 46.5 Å². The van der Waals surface area contributed by atoms with E-state index in [0.717, 1.165) is 49.5 Å². The van der Waals surface area contributed by atoms with Crippen molar-refractivity contribution in [3.63, 3.8) is 0 Å². The topological polar surface area (TPSA) is 56.7 Å². The maximum atomic E-state index is 14.0. The lowest BCUT2D eigenvalue weighted by molar-refractivity contribution is 0.392.